The molecule has 2 unspecified atom stereocenters. The summed E-state index contributed by atoms with van der Waals surface area (Å²) in [7, 11) is 0. The number of hydrogen-bond acceptors (Lipinski definition) is 4. The minimum atomic E-state index is -0.275. The molecule has 5 rings (SSSR count). The zero-order valence-corrected chi connectivity index (χ0v) is 13.8. The molecule has 0 spiro atoms. The van der Waals surface area contributed by atoms with E-state index in [9.17, 15) is 9.90 Å². The number of pyridine rings is 2. The molecule has 128 valence electrons. The Morgan fingerprint density at radius 3 is 2.81 bits per heavy atom. The van der Waals surface area contributed by atoms with E-state index in [0.717, 1.165) is 34.1 Å². The van der Waals surface area contributed by atoms with E-state index >= 15 is 0 Å². The van der Waals surface area contributed by atoms with Crippen LogP contribution in [0.5, 0.6) is 5.88 Å². The van der Waals surface area contributed by atoms with Crippen LogP contribution in [0.1, 0.15) is 23.9 Å². The molecule has 6 heteroatoms. The van der Waals surface area contributed by atoms with E-state index < -0.39 is 0 Å². The molecule has 1 aliphatic rings. The van der Waals surface area contributed by atoms with Gasteiger partial charge in [0.25, 0.3) is 0 Å². The lowest BCUT2D eigenvalue weighted by Gasteiger charge is -2.07. The molecule has 1 aromatic carbocycles. The fraction of sp³-hybridized carbons (Fsp3) is 0.150. The SMILES string of the molecule is O=c1[nH]cc(O)n1C1CC1c1ccc(-c2cccc3ncccc23)nc1. The molecule has 4 aromatic rings. The molecule has 2 atom stereocenters. The van der Waals surface area contributed by atoms with Crippen LogP contribution in [-0.4, -0.2) is 24.6 Å². The Bertz CT molecular complexity index is 1160. The molecule has 0 amide bonds. The number of benzene rings is 1. The molecule has 0 saturated heterocycles. The average Bonchev–Trinajstić information content (AvgIpc) is 3.39. The highest BCUT2D eigenvalue weighted by Gasteiger charge is 2.42. The monoisotopic (exact) mass is 344 g/mol. The highest BCUT2D eigenvalue weighted by Crippen LogP contribution is 2.51. The van der Waals surface area contributed by atoms with E-state index in [-0.39, 0.29) is 23.5 Å². The number of nitrogens with zero attached hydrogens (tertiary/aromatic N) is 3. The van der Waals surface area contributed by atoms with E-state index in [1.54, 1.807) is 6.20 Å². The number of H-pyrrole nitrogens is 1. The predicted octanol–water partition coefficient (Wildman–Crippen LogP) is 3.22. The van der Waals surface area contributed by atoms with Crippen molar-refractivity contribution < 1.29 is 5.11 Å². The van der Waals surface area contributed by atoms with Crippen molar-refractivity contribution in [2.24, 2.45) is 0 Å². The molecule has 3 aromatic heterocycles. The summed E-state index contributed by atoms with van der Waals surface area (Å²) < 4.78 is 1.41. The maximum atomic E-state index is 11.8. The van der Waals surface area contributed by atoms with Crippen LogP contribution in [0.15, 0.2) is 65.8 Å². The Morgan fingerprint density at radius 2 is 2.04 bits per heavy atom. The van der Waals surface area contributed by atoms with Crippen molar-refractivity contribution in [3.05, 3.63) is 77.1 Å². The van der Waals surface area contributed by atoms with Crippen molar-refractivity contribution >= 4 is 10.9 Å². The molecule has 3 heterocycles. The van der Waals surface area contributed by atoms with Crippen LogP contribution in [-0.2, 0) is 0 Å². The first kappa shape index (κ1) is 14.9. The van der Waals surface area contributed by atoms with Crippen LogP contribution >= 0.6 is 0 Å². The summed E-state index contributed by atoms with van der Waals surface area (Å²) in [4.78, 5) is 23.3. The van der Waals surface area contributed by atoms with Gasteiger partial charge in [0.1, 0.15) is 0 Å². The van der Waals surface area contributed by atoms with Gasteiger partial charge in [0.2, 0.25) is 5.88 Å². The maximum absolute atomic E-state index is 11.8. The maximum Gasteiger partial charge on any atom is 0.328 e. The number of aromatic nitrogens is 4. The topological polar surface area (TPSA) is 83.8 Å². The van der Waals surface area contributed by atoms with Gasteiger partial charge in [-0.15, -0.1) is 0 Å². The number of rotatable bonds is 3. The molecule has 1 aliphatic carbocycles. The first-order valence-corrected chi connectivity index (χ1v) is 8.51. The second-order valence-electron chi connectivity index (χ2n) is 6.58. The molecule has 1 fully saturated rings. The van der Waals surface area contributed by atoms with Crippen molar-refractivity contribution in [2.45, 2.75) is 18.4 Å². The minimum Gasteiger partial charge on any atom is -0.493 e. The van der Waals surface area contributed by atoms with Gasteiger partial charge >= 0.3 is 5.69 Å². The first-order chi connectivity index (χ1) is 12.7. The van der Waals surface area contributed by atoms with E-state index in [1.807, 2.05) is 42.6 Å². The molecule has 26 heavy (non-hydrogen) atoms. The summed E-state index contributed by atoms with van der Waals surface area (Å²) >= 11 is 0. The Kier molecular flexibility index (Phi) is 3.18. The number of hydrogen-bond donors (Lipinski definition) is 2. The molecule has 1 saturated carbocycles. The number of nitrogens with one attached hydrogen (secondary N) is 1. The zero-order valence-electron chi connectivity index (χ0n) is 13.8. The third-order valence-corrected chi connectivity index (χ3v) is 5.01. The minimum absolute atomic E-state index is 0.0110. The smallest absolute Gasteiger partial charge is 0.328 e. The standard InChI is InChI=1S/C20H16N4O2/c25-19-11-23-20(26)24(19)18-9-15(18)12-6-7-17(22-10-12)13-3-1-5-16-14(13)4-2-8-21-16/h1-8,10-11,15,18,25H,9H2,(H,23,26). The van der Waals surface area contributed by atoms with Crippen LogP contribution in [0.2, 0.25) is 0 Å². The molecule has 0 bridgehead atoms. The Balaban J connectivity index is 1.46. The lowest BCUT2D eigenvalue weighted by Crippen LogP contribution is -2.15. The second-order valence-corrected chi connectivity index (χ2v) is 6.58. The van der Waals surface area contributed by atoms with Crippen molar-refractivity contribution in [2.75, 3.05) is 0 Å². The summed E-state index contributed by atoms with van der Waals surface area (Å²) in [5.74, 6) is 0.181. The highest BCUT2D eigenvalue weighted by molar-refractivity contribution is 5.93. The summed E-state index contributed by atoms with van der Waals surface area (Å²) in [5.41, 5.74) is 3.69. The van der Waals surface area contributed by atoms with Gasteiger partial charge in [-0.2, -0.15) is 0 Å². The summed E-state index contributed by atoms with van der Waals surface area (Å²) in [6.45, 7) is 0. The second kappa shape index (κ2) is 5.56. The van der Waals surface area contributed by atoms with Crippen molar-refractivity contribution in [3.63, 3.8) is 0 Å². The average molecular weight is 344 g/mol. The lowest BCUT2D eigenvalue weighted by molar-refractivity contribution is 0.413. The largest absolute Gasteiger partial charge is 0.493 e. The molecule has 0 aliphatic heterocycles. The van der Waals surface area contributed by atoms with Gasteiger partial charge in [-0.25, -0.2) is 4.79 Å². The van der Waals surface area contributed by atoms with E-state index in [1.165, 1.54) is 10.8 Å². The van der Waals surface area contributed by atoms with Gasteiger partial charge < -0.3 is 10.1 Å². The van der Waals surface area contributed by atoms with Gasteiger partial charge in [-0.1, -0.05) is 24.3 Å². The van der Waals surface area contributed by atoms with Gasteiger partial charge in [-0.05, 0) is 30.2 Å². The quantitative estimate of drug-likeness (QED) is 0.598. The van der Waals surface area contributed by atoms with Crippen LogP contribution < -0.4 is 5.69 Å². The van der Waals surface area contributed by atoms with E-state index in [2.05, 4.69) is 21.0 Å². The number of imidazole rings is 1. The zero-order chi connectivity index (χ0) is 17.7. The number of fused-ring (bicyclic) bond motifs is 1. The van der Waals surface area contributed by atoms with Crippen LogP contribution in [0, 0.1) is 0 Å². The fourth-order valence-electron chi connectivity index (χ4n) is 3.63. The van der Waals surface area contributed by atoms with Crippen molar-refractivity contribution in [3.8, 4) is 17.1 Å². The Hall–Kier alpha value is -3.41. The van der Waals surface area contributed by atoms with Crippen LogP contribution in [0.3, 0.4) is 0 Å². The molecule has 6 nitrogen and oxygen atoms in total. The molecular weight excluding hydrogens is 328 g/mol. The molecule has 0 radical (unpaired) electrons. The van der Waals surface area contributed by atoms with Crippen LogP contribution in [0.4, 0.5) is 0 Å². The summed E-state index contributed by atoms with van der Waals surface area (Å²) in [5, 5.41) is 10.9. The predicted molar refractivity (Wildman–Crippen MR) is 98.1 cm³/mol. The van der Waals surface area contributed by atoms with Gasteiger partial charge in [0.15, 0.2) is 0 Å². The summed E-state index contributed by atoms with van der Waals surface area (Å²) in [6, 6.07) is 14.0. The fourth-order valence-corrected chi connectivity index (χ4v) is 3.63. The van der Waals surface area contributed by atoms with Crippen molar-refractivity contribution in [1.82, 2.24) is 19.5 Å². The van der Waals surface area contributed by atoms with E-state index in [4.69, 9.17) is 0 Å². The lowest BCUT2D eigenvalue weighted by atomic mass is 10.0. The van der Waals surface area contributed by atoms with E-state index in [0.29, 0.717) is 0 Å². The first-order valence-electron chi connectivity index (χ1n) is 8.51. The third kappa shape index (κ3) is 2.30. The normalized spacial score (nSPS) is 18.9. The summed E-state index contributed by atoms with van der Waals surface area (Å²) in [6.07, 6.45) is 5.80. The van der Waals surface area contributed by atoms with Gasteiger partial charge in [0.05, 0.1) is 17.4 Å². The van der Waals surface area contributed by atoms with Gasteiger partial charge in [0, 0.05) is 35.3 Å². The third-order valence-electron chi connectivity index (χ3n) is 5.01. The number of aromatic hydroxyl groups is 1. The Morgan fingerprint density at radius 1 is 1.12 bits per heavy atom. The van der Waals surface area contributed by atoms with Gasteiger partial charge in [-0.3, -0.25) is 14.5 Å². The molecule has 2 N–H and O–H groups in total. The number of aromatic amines is 1. The Labute approximate surface area is 148 Å². The highest BCUT2D eigenvalue weighted by atomic mass is 16.3. The van der Waals surface area contributed by atoms with Crippen LogP contribution in [0.25, 0.3) is 22.2 Å². The van der Waals surface area contributed by atoms with Crippen molar-refractivity contribution in [1.29, 1.82) is 0 Å². The molecular formula is C20H16N4O2.